The molecule has 1 aliphatic rings. The summed E-state index contributed by atoms with van der Waals surface area (Å²) >= 11 is 0. The quantitative estimate of drug-likeness (QED) is 0.914. The van der Waals surface area contributed by atoms with Crippen molar-refractivity contribution in [3.63, 3.8) is 0 Å². The number of anilines is 1. The van der Waals surface area contributed by atoms with Gasteiger partial charge in [-0.05, 0) is 30.9 Å². The second-order valence-electron chi connectivity index (χ2n) is 5.71. The smallest absolute Gasteiger partial charge is 0.260 e. The van der Waals surface area contributed by atoms with E-state index in [9.17, 15) is 0 Å². The Kier molecular flexibility index (Phi) is 3.72. The van der Waals surface area contributed by atoms with E-state index in [4.69, 9.17) is 4.52 Å². The van der Waals surface area contributed by atoms with Gasteiger partial charge in [0.15, 0.2) is 5.82 Å². The predicted molar refractivity (Wildman–Crippen MR) is 79.7 cm³/mol. The molecule has 0 saturated heterocycles. The molecule has 106 valence electrons. The summed E-state index contributed by atoms with van der Waals surface area (Å²) in [6.07, 6.45) is 4.88. The van der Waals surface area contributed by atoms with Crippen LogP contribution in [0.15, 0.2) is 28.8 Å². The third-order valence-corrected chi connectivity index (χ3v) is 4.25. The third kappa shape index (κ3) is 2.55. The number of hydrogen-bond acceptors (Lipinski definition) is 4. The van der Waals surface area contributed by atoms with Crippen molar-refractivity contribution in [2.24, 2.45) is 5.92 Å². The SMILES string of the molecule is CNc1ccccc1-c1nc(C2CCC(C)CC2)no1. The Morgan fingerprint density at radius 2 is 1.90 bits per heavy atom. The van der Waals surface area contributed by atoms with Crippen molar-refractivity contribution in [1.82, 2.24) is 10.1 Å². The number of rotatable bonds is 3. The largest absolute Gasteiger partial charge is 0.387 e. The first-order valence-electron chi connectivity index (χ1n) is 7.38. The fourth-order valence-corrected chi connectivity index (χ4v) is 2.92. The van der Waals surface area contributed by atoms with Crippen LogP contribution in [0.2, 0.25) is 0 Å². The Bertz CT molecular complexity index is 571. The summed E-state index contributed by atoms with van der Waals surface area (Å²) in [7, 11) is 1.90. The summed E-state index contributed by atoms with van der Waals surface area (Å²) in [6, 6.07) is 8.00. The van der Waals surface area contributed by atoms with Gasteiger partial charge in [0.2, 0.25) is 0 Å². The summed E-state index contributed by atoms with van der Waals surface area (Å²) in [5.74, 6) is 2.79. The number of para-hydroxylation sites is 1. The highest BCUT2D eigenvalue weighted by molar-refractivity contribution is 5.72. The van der Waals surface area contributed by atoms with Crippen LogP contribution in [0, 0.1) is 5.92 Å². The van der Waals surface area contributed by atoms with Gasteiger partial charge in [-0.3, -0.25) is 0 Å². The van der Waals surface area contributed by atoms with E-state index < -0.39 is 0 Å². The zero-order valence-electron chi connectivity index (χ0n) is 12.1. The van der Waals surface area contributed by atoms with Gasteiger partial charge in [0.05, 0.1) is 5.56 Å². The lowest BCUT2D eigenvalue weighted by molar-refractivity contribution is 0.329. The molecule has 0 amide bonds. The molecule has 0 unspecified atom stereocenters. The van der Waals surface area contributed by atoms with Crippen LogP contribution in [-0.2, 0) is 0 Å². The van der Waals surface area contributed by atoms with Crippen LogP contribution in [-0.4, -0.2) is 17.2 Å². The highest BCUT2D eigenvalue weighted by Gasteiger charge is 2.24. The maximum atomic E-state index is 5.47. The number of nitrogens with zero attached hydrogens (tertiary/aromatic N) is 2. The van der Waals surface area contributed by atoms with Crippen LogP contribution in [0.5, 0.6) is 0 Å². The summed E-state index contributed by atoms with van der Waals surface area (Å²) < 4.78 is 5.47. The molecule has 0 radical (unpaired) electrons. The fraction of sp³-hybridized carbons (Fsp3) is 0.500. The van der Waals surface area contributed by atoms with Gasteiger partial charge in [-0.25, -0.2) is 0 Å². The topological polar surface area (TPSA) is 51.0 Å². The van der Waals surface area contributed by atoms with Crippen molar-refractivity contribution >= 4 is 5.69 Å². The van der Waals surface area contributed by atoms with E-state index in [1.807, 2.05) is 31.3 Å². The van der Waals surface area contributed by atoms with Crippen molar-refractivity contribution < 1.29 is 4.52 Å². The molecule has 1 saturated carbocycles. The average Bonchev–Trinajstić information content (AvgIpc) is 2.97. The zero-order chi connectivity index (χ0) is 13.9. The second-order valence-corrected chi connectivity index (χ2v) is 5.71. The van der Waals surface area contributed by atoms with Gasteiger partial charge in [0.1, 0.15) is 0 Å². The van der Waals surface area contributed by atoms with Crippen LogP contribution >= 0.6 is 0 Å². The maximum Gasteiger partial charge on any atom is 0.260 e. The van der Waals surface area contributed by atoms with Crippen molar-refractivity contribution in [3.05, 3.63) is 30.1 Å². The minimum Gasteiger partial charge on any atom is -0.387 e. The molecule has 4 nitrogen and oxygen atoms in total. The summed E-state index contributed by atoms with van der Waals surface area (Å²) in [5, 5.41) is 7.36. The van der Waals surface area contributed by atoms with E-state index in [-0.39, 0.29) is 0 Å². The van der Waals surface area contributed by atoms with Gasteiger partial charge in [-0.2, -0.15) is 4.98 Å². The predicted octanol–water partition coefficient (Wildman–Crippen LogP) is 4.07. The van der Waals surface area contributed by atoms with Gasteiger partial charge in [0, 0.05) is 18.7 Å². The molecule has 20 heavy (non-hydrogen) atoms. The standard InChI is InChI=1S/C16H21N3O/c1-11-7-9-12(10-8-11)15-18-16(20-19-15)13-5-3-4-6-14(13)17-2/h3-6,11-12,17H,7-10H2,1-2H3. The lowest BCUT2D eigenvalue weighted by atomic mass is 9.83. The Labute approximate surface area is 119 Å². The highest BCUT2D eigenvalue weighted by atomic mass is 16.5. The summed E-state index contributed by atoms with van der Waals surface area (Å²) in [5.41, 5.74) is 1.98. The molecule has 1 aromatic heterocycles. The summed E-state index contributed by atoms with van der Waals surface area (Å²) in [4.78, 5) is 4.62. The number of aromatic nitrogens is 2. The first kappa shape index (κ1) is 13.2. The van der Waals surface area contributed by atoms with E-state index >= 15 is 0 Å². The molecule has 0 spiro atoms. The molecule has 1 aliphatic carbocycles. The van der Waals surface area contributed by atoms with Crippen LogP contribution in [0.4, 0.5) is 5.69 Å². The van der Waals surface area contributed by atoms with Gasteiger partial charge in [0.25, 0.3) is 5.89 Å². The van der Waals surface area contributed by atoms with Gasteiger partial charge >= 0.3 is 0 Å². The van der Waals surface area contributed by atoms with E-state index in [2.05, 4.69) is 22.4 Å². The van der Waals surface area contributed by atoms with Crippen molar-refractivity contribution in [1.29, 1.82) is 0 Å². The van der Waals surface area contributed by atoms with Crippen LogP contribution in [0.25, 0.3) is 11.5 Å². The first-order valence-corrected chi connectivity index (χ1v) is 7.38. The van der Waals surface area contributed by atoms with Crippen molar-refractivity contribution in [2.75, 3.05) is 12.4 Å². The van der Waals surface area contributed by atoms with Crippen molar-refractivity contribution in [3.8, 4) is 11.5 Å². The van der Waals surface area contributed by atoms with E-state index in [0.29, 0.717) is 11.8 Å². The monoisotopic (exact) mass is 271 g/mol. The minimum absolute atomic E-state index is 0.463. The lowest BCUT2D eigenvalue weighted by Gasteiger charge is -2.23. The number of nitrogens with one attached hydrogen (secondary N) is 1. The molecule has 0 atom stereocenters. The zero-order valence-corrected chi connectivity index (χ0v) is 12.1. The molecule has 0 aliphatic heterocycles. The molecule has 1 heterocycles. The molecule has 1 aromatic carbocycles. The molecular weight excluding hydrogens is 250 g/mol. The Morgan fingerprint density at radius 3 is 2.65 bits per heavy atom. The molecule has 2 aromatic rings. The average molecular weight is 271 g/mol. The molecule has 4 heteroatoms. The molecule has 0 bridgehead atoms. The Morgan fingerprint density at radius 1 is 1.15 bits per heavy atom. The maximum absolute atomic E-state index is 5.47. The number of benzene rings is 1. The highest BCUT2D eigenvalue weighted by Crippen LogP contribution is 2.35. The van der Waals surface area contributed by atoms with Crippen LogP contribution in [0.1, 0.15) is 44.3 Å². The van der Waals surface area contributed by atoms with Crippen LogP contribution < -0.4 is 5.32 Å². The van der Waals surface area contributed by atoms with Gasteiger partial charge in [-0.1, -0.05) is 37.1 Å². The molecule has 3 rings (SSSR count). The third-order valence-electron chi connectivity index (χ3n) is 4.25. The van der Waals surface area contributed by atoms with E-state index in [1.54, 1.807) is 0 Å². The van der Waals surface area contributed by atoms with E-state index in [1.165, 1.54) is 25.7 Å². The molecular formula is C16H21N3O. The second kappa shape index (κ2) is 5.65. The van der Waals surface area contributed by atoms with Gasteiger partial charge in [-0.15, -0.1) is 0 Å². The van der Waals surface area contributed by atoms with Gasteiger partial charge < -0.3 is 9.84 Å². The van der Waals surface area contributed by atoms with E-state index in [0.717, 1.165) is 23.0 Å². The van der Waals surface area contributed by atoms with Crippen molar-refractivity contribution in [2.45, 2.75) is 38.5 Å². The van der Waals surface area contributed by atoms with Crippen LogP contribution in [0.3, 0.4) is 0 Å². The Hall–Kier alpha value is -1.84. The molecule has 1 N–H and O–H groups in total. The lowest BCUT2D eigenvalue weighted by Crippen LogP contribution is -2.11. The fourth-order valence-electron chi connectivity index (χ4n) is 2.92. The minimum atomic E-state index is 0.463. The Balaban J connectivity index is 1.83. The summed E-state index contributed by atoms with van der Waals surface area (Å²) in [6.45, 7) is 2.32. The number of hydrogen-bond donors (Lipinski definition) is 1. The normalized spacial score (nSPS) is 22.7. The first-order chi connectivity index (χ1) is 9.78. The molecule has 1 fully saturated rings.